The molecule has 0 aromatic heterocycles. The summed E-state index contributed by atoms with van der Waals surface area (Å²) in [7, 11) is 0. The van der Waals surface area contributed by atoms with Gasteiger partial charge in [0.1, 0.15) is 18.4 Å². The monoisotopic (exact) mass is 94.0 g/mol. The zero-order valence-electron chi connectivity index (χ0n) is 3.76. The first-order valence-electron chi connectivity index (χ1n) is 2.00. The molecule has 1 aliphatic heterocycles. The standard InChI is InChI=1S/C4H4N3/c5-1-4-2-6-3-7-4/h2-3H2. The van der Waals surface area contributed by atoms with Crippen molar-refractivity contribution in [2.75, 3.05) is 13.2 Å². The summed E-state index contributed by atoms with van der Waals surface area (Å²) in [6, 6.07) is 1.92. The summed E-state index contributed by atoms with van der Waals surface area (Å²) in [5.74, 6) is 0. The number of aliphatic imine (C=N–C) groups is 1. The molecule has 0 bridgehead atoms. The average molecular weight is 94.1 g/mol. The van der Waals surface area contributed by atoms with Gasteiger partial charge >= 0.3 is 0 Å². The second kappa shape index (κ2) is 1.71. The Hall–Kier alpha value is -0.880. The van der Waals surface area contributed by atoms with Gasteiger partial charge in [-0.15, -0.1) is 0 Å². The van der Waals surface area contributed by atoms with Crippen molar-refractivity contribution in [3.05, 3.63) is 0 Å². The maximum Gasteiger partial charge on any atom is 0.129 e. The summed E-state index contributed by atoms with van der Waals surface area (Å²) in [6.45, 7) is 1.01. The lowest BCUT2D eigenvalue weighted by molar-refractivity contribution is 0.831. The number of nitriles is 1. The molecular weight excluding hydrogens is 90.1 g/mol. The molecule has 1 heterocycles. The van der Waals surface area contributed by atoms with Crippen LogP contribution >= 0.6 is 0 Å². The van der Waals surface area contributed by atoms with E-state index in [2.05, 4.69) is 10.3 Å². The van der Waals surface area contributed by atoms with Gasteiger partial charge < -0.3 is 0 Å². The van der Waals surface area contributed by atoms with Crippen LogP contribution in [0.3, 0.4) is 0 Å². The first-order valence-corrected chi connectivity index (χ1v) is 2.00. The van der Waals surface area contributed by atoms with Crippen LogP contribution in [0, 0.1) is 11.3 Å². The Labute approximate surface area is 41.7 Å². The smallest absolute Gasteiger partial charge is 0.129 e. The first kappa shape index (κ1) is 4.28. The Morgan fingerprint density at radius 1 is 1.71 bits per heavy atom. The maximum absolute atomic E-state index is 8.13. The number of rotatable bonds is 0. The minimum atomic E-state index is 0.489. The number of hydrogen-bond donors (Lipinski definition) is 0. The molecule has 0 saturated heterocycles. The van der Waals surface area contributed by atoms with E-state index in [0.29, 0.717) is 18.9 Å². The quantitative estimate of drug-likeness (QED) is 0.400. The highest BCUT2D eigenvalue weighted by Gasteiger charge is 2.02. The van der Waals surface area contributed by atoms with E-state index in [1.165, 1.54) is 0 Å². The molecule has 0 amide bonds. The predicted molar refractivity (Wildman–Crippen MR) is 24.9 cm³/mol. The summed E-state index contributed by atoms with van der Waals surface area (Å²) >= 11 is 0. The highest BCUT2D eigenvalue weighted by molar-refractivity contribution is 6.00. The molecular formula is C4H4N3. The van der Waals surface area contributed by atoms with Gasteiger partial charge in [0.15, 0.2) is 0 Å². The second-order valence-corrected chi connectivity index (χ2v) is 1.24. The van der Waals surface area contributed by atoms with E-state index < -0.39 is 0 Å². The lowest BCUT2D eigenvalue weighted by Gasteiger charge is -1.74. The van der Waals surface area contributed by atoms with Crippen molar-refractivity contribution >= 4 is 5.71 Å². The summed E-state index contributed by atoms with van der Waals surface area (Å²) in [5, 5.41) is 11.9. The van der Waals surface area contributed by atoms with E-state index >= 15 is 0 Å². The van der Waals surface area contributed by atoms with Crippen molar-refractivity contribution < 1.29 is 0 Å². The molecule has 7 heavy (non-hydrogen) atoms. The van der Waals surface area contributed by atoms with Crippen molar-refractivity contribution in [1.82, 2.24) is 5.32 Å². The molecule has 0 fully saturated rings. The van der Waals surface area contributed by atoms with Gasteiger partial charge in [0.05, 0.1) is 6.54 Å². The Kier molecular flexibility index (Phi) is 1.05. The van der Waals surface area contributed by atoms with Gasteiger partial charge in [0, 0.05) is 0 Å². The fourth-order valence-corrected chi connectivity index (χ4v) is 0.412. The van der Waals surface area contributed by atoms with Crippen LogP contribution in [0.4, 0.5) is 0 Å². The molecule has 3 nitrogen and oxygen atoms in total. The highest BCUT2D eigenvalue weighted by atomic mass is 15.1. The zero-order chi connectivity index (χ0) is 5.11. The van der Waals surface area contributed by atoms with Gasteiger partial charge in [-0.25, -0.2) is 5.32 Å². The Balaban J connectivity index is 2.57. The third-order valence-electron chi connectivity index (χ3n) is 0.752. The average Bonchev–Trinajstić information content (AvgIpc) is 2.14. The third kappa shape index (κ3) is 0.756. The molecule has 1 aliphatic rings. The second-order valence-electron chi connectivity index (χ2n) is 1.24. The van der Waals surface area contributed by atoms with Crippen LogP contribution in [0.15, 0.2) is 4.99 Å². The minimum absolute atomic E-state index is 0.489. The molecule has 0 aromatic rings. The first-order chi connectivity index (χ1) is 3.43. The normalized spacial score (nSPS) is 18.4. The van der Waals surface area contributed by atoms with E-state index in [1.807, 2.05) is 6.07 Å². The maximum atomic E-state index is 8.13. The van der Waals surface area contributed by atoms with E-state index in [-0.39, 0.29) is 0 Å². The lowest BCUT2D eigenvalue weighted by atomic mass is 10.4. The number of hydrogen-bond acceptors (Lipinski definition) is 2. The van der Waals surface area contributed by atoms with Gasteiger partial charge in [-0.1, -0.05) is 0 Å². The van der Waals surface area contributed by atoms with Gasteiger partial charge in [0.25, 0.3) is 0 Å². The Bertz CT molecular complexity index is 130. The Morgan fingerprint density at radius 2 is 2.57 bits per heavy atom. The molecule has 0 atom stereocenters. The van der Waals surface area contributed by atoms with Crippen molar-refractivity contribution in [2.45, 2.75) is 0 Å². The molecule has 35 valence electrons. The van der Waals surface area contributed by atoms with E-state index in [1.54, 1.807) is 0 Å². The van der Waals surface area contributed by atoms with Gasteiger partial charge in [-0.3, -0.25) is 4.99 Å². The molecule has 0 N–H and O–H groups in total. The minimum Gasteiger partial charge on any atom is -0.260 e. The van der Waals surface area contributed by atoms with Gasteiger partial charge in [-0.05, 0) is 0 Å². The van der Waals surface area contributed by atoms with Crippen LogP contribution in [0.2, 0.25) is 0 Å². The van der Waals surface area contributed by atoms with Crippen LogP contribution in [-0.2, 0) is 0 Å². The highest BCUT2D eigenvalue weighted by Crippen LogP contribution is 1.83. The molecule has 1 rings (SSSR count). The van der Waals surface area contributed by atoms with Crippen LogP contribution in [0.1, 0.15) is 0 Å². The molecule has 3 heteroatoms. The fourth-order valence-electron chi connectivity index (χ4n) is 0.412. The van der Waals surface area contributed by atoms with Crippen molar-refractivity contribution in [3.63, 3.8) is 0 Å². The van der Waals surface area contributed by atoms with E-state index in [9.17, 15) is 0 Å². The fraction of sp³-hybridized carbons (Fsp3) is 0.500. The zero-order valence-corrected chi connectivity index (χ0v) is 3.76. The van der Waals surface area contributed by atoms with Crippen molar-refractivity contribution in [3.8, 4) is 6.07 Å². The van der Waals surface area contributed by atoms with E-state index in [0.717, 1.165) is 0 Å². The van der Waals surface area contributed by atoms with Crippen LogP contribution < -0.4 is 5.32 Å². The SMILES string of the molecule is N#CC1=NC[N]C1. The van der Waals surface area contributed by atoms with Crippen molar-refractivity contribution in [1.29, 1.82) is 5.26 Å². The van der Waals surface area contributed by atoms with Crippen LogP contribution in [0.5, 0.6) is 0 Å². The largest absolute Gasteiger partial charge is 0.260 e. The molecule has 0 aromatic carbocycles. The molecule has 0 aliphatic carbocycles. The molecule has 0 unspecified atom stereocenters. The number of nitrogens with zero attached hydrogens (tertiary/aromatic N) is 3. The summed E-state index contributed by atoms with van der Waals surface area (Å²) in [5.41, 5.74) is 0.556. The molecule has 0 spiro atoms. The van der Waals surface area contributed by atoms with Gasteiger partial charge in [-0.2, -0.15) is 5.26 Å². The molecule has 1 radical (unpaired) electrons. The van der Waals surface area contributed by atoms with E-state index in [4.69, 9.17) is 5.26 Å². The summed E-state index contributed by atoms with van der Waals surface area (Å²) in [6.07, 6.45) is 0. The third-order valence-corrected chi connectivity index (χ3v) is 0.752. The Morgan fingerprint density at radius 3 is 2.86 bits per heavy atom. The summed E-state index contributed by atoms with van der Waals surface area (Å²) < 4.78 is 0. The predicted octanol–water partition coefficient (Wildman–Crippen LogP) is -0.474. The van der Waals surface area contributed by atoms with Crippen LogP contribution in [-0.4, -0.2) is 18.9 Å². The van der Waals surface area contributed by atoms with Crippen LogP contribution in [0.25, 0.3) is 0 Å². The topological polar surface area (TPSA) is 50.2 Å². The summed E-state index contributed by atoms with van der Waals surface area (Å²) in [4.78, 5) is 3.74. The lowest BCUT2D eigenvalue weighted by Crippen LogP contribution is -2.03. The molecule has 0 saturated carbocycles. The van der Waals surface area contributed by atoms with Gasteiger partial charge in [0.2, 0.25) is 0 Å². The van der Waals surface area contributed by atoms with Crippen molar-refractivity contribution in [2.24, 2.45) is 4.99 Å².